The molecular weight excluding hydrogens is 264 g/mol. The van der Waals surface area contributed by atoms with Crippen molar-refractivity contribution >= 4 is 11.6 Å². The summed E-state index contributed by atoms with van der Waals surface area (Å²) in [6.07, 6.45) is 9.64. The van der Waals surface area contributed by atoms with Crippen molar-refractivity contribution in [3.8, 4) is 5.75 Å². The van der Waals surface area contributed by atoms with Crippen molar-refractivity contribution in [1.29, 1.82) is 0 Å². The number of hydrogen-bond donors (Lipinski definition) is 2. The van der Waals surface area contributed by atoms with Crippen molar-refractivity contribution in [2.75, 3.05) is 5.32 Å². The summed E-state index contributed by atoms with van der Waals surface area (Å²) in [5.41, 5.74) is 6.57. The molecule has 3 rings (SSSR count). The third-order valence-corrected chi connectivity index (χ3v) is 4.18. The van der Waals surface area contributed by atoms with Gasteiger partial charge in [0.15, 0.2) is 0 Å². The van der Waals surface area contributed by atoms with E-state index in [1.807, 2.05) is 36.4 Å². The number of carbonyl (C=O) groups is 1. The van der Waals surface area contributed by atoms with Crippen LogP contribution in [0, 0.1) is 5.92 Å². The summed E-state index contributed by atoms with van der Waals surface area (Å²) in [5, 5.41) is 2.92. The maximum Gasteiger partial charge on any atom is 0.231 e. The van der Waals surface area contributed by atoms with Crippen LogP contribution in [-0.2, 0) is 4.79 Å². The molecule has 1 saturated carbocycles. The van der Waals surface area contributed by atoms with Crippen LogP contribution in [0.5, 0.6) is 5.75 Å². The van der Waals surface area contributed by atoms with Gasteiger partial charge in [-0.2, -0.15) is 0 Å². The molecule has 1 amide bonds. The Morgan fingerprint density at radius 1 is 1.14 bits per heavy atom. The lowest BCUT2D eigenvalue weighted by Crippen LogP contribution is -2.23. The van der Waals surface area contributed by atoms with E-state index in [1.165, 1.54) is 12.8 Å². The smallest absolute Gasteiger partial charge is 0.231 e. The molecule has 0 radical (unpaired) electrons. The molecule has 4 nitrogen and oxygen atoms in total. The summed E-state index contributed by atoms with van der Waals surface area (Å²) >= 11 is 0. The van der Waals surface area contributed by atoms with Gasteiger partial charge in [0.1, 0.15) is 5.75 Å². The fraction of sp³-hybridized carbons (Fsp3) is 0.471. The number of carbonyl (C=O) groups excluding carboxylic acids is 1. The molecule has 0 aliphatic heterocycles. The minimum atomic E-state index is -0.116. The van der Waals surface area contributed by atoms with Gasteiger partial charge in [0.05, 0.1) is 12.0 Å². The second-order valence-corrected chi connectivity index (χ2v) is 5.93. The van der Waals surface area contributed by atoms with E-state index in [4.69, 9.17) is 10.5 Å². The van der Waals surface area contributed by atoms with Gasteiger partial charge in [-0.15, -0.1) is 0 Å². The van der Waals surface area contributed by atoms with Crippen LogP contribution in [0.1, 0.15) is 32.1 Å². The Kier molecular flexibility index (Phi) is 4.25. The molecule has 0 aromatic heterocycles. The summed E-state index contributed by atoms with van der Waals surface area (Å²) in [4.78, 5) is 12.1. The van der Waals surface area contributed by atoms with Crippen LogP contribution >= 0.6 is 0 Å². The topological polar surface area (TPSA) is 64.4 Å². The SMILES string of the molecule is NC1C=CC(C(=O)Nc2ccc(OC3CCCC3)cc2)C1. The zero-order chi connectivity index (χ0) is 14.7. The molecule has 3 N–H and O–H groups in total. The monoisotopic (exact) mass is 286 g/mol. The van der Waals surface area contributed by atoms with Gasteiger partial charge in [-0.3, -0.25) is 4.79 Å². The molecule has 2 atom stereocenters. The Hall–Kier alpha value is -1.81. The molecule has 2 aliphatic carbocycles. The molecule has 1 aromatic rings. The van der Waals surface area contributed by atoms with Crippen LogP contribution in [0.4, 0.5) is 5.69 Å². The minimum Gasteiger partial charge on any atom is -0.490 e. The Morgan fingerprint density at radius 2 is 1.86 bits per heavy atom. The summed E-state index contributed by atoms with van der Waals surface area (Å²) in [5.74, 6) is 0.765. The first-order chi connectivity index (χ1) is 10.2. The van der Waals surface area contributed by atoms with Crippen molar-refractivity contribution in [3.63, 3.8) is 0 Å². The van der Waals surface area contributed by atoms with Crippen LogP contribution in [0.2, 0.25) is 0 Å². The molecule has 1 fully saturated rings. The van der Waals surface area contributed by atoms with E-state index in [0.717, 1.165) is 24.3 Å². The fourth-order valence-corrected chi connectivity index (χ4v) is 2.97. The van der Waals surface area contributed by atoms with Crippen LogP contribution < -0.4 is 15.8 Å². The Morgan fingerprint density at radius 3 is 2.48 bits per heavy atom. The van der Waals surface area contributed by atoms with Crippen molar-refractivity contribution in [3.05, 3.63) is 36.4 Å². The van der Waals surface area contributed by atoms with Gasteiger partial charge < -0.3 is 15.8 Å². The van der Waals surface area contributed by atoms with Crippen molar-refractivity contribution in [2.24, 2.45) is 11.7 Å². The first kappa shape index (κ1) is 14.1. The Balaban J connectivity index is 1.54. The van der Waals surface area contributed by atoms with Crippen molar-refractivity contribution < 1.29 is 9.53 Å². The van der Waals surface area contributed by atoms with E-state index in [0.29, 0.717) is 12.5 Å². The molecule has 1 aromatic carbocycles. The van der Waals surface area contributed by atoms with Crippen LogP contribution in [0.3, 0.4) is 0 Å². The molecule has 112 valence electrons. The highest BCUT2D eigenvalue weighted by Crippen LogP contribution is 2.25. The quantitative estimate of drug-likeness (QED) is 0.837. The third-order valence-electron chi connectivity index (χ3n) is 4.18. The molecule has 4 heteroatoms. The largest absolute Gasteiger partial charge is 0.490 e. The molecule has 0 bridgehead atoms. The average molecular weight is 286 g/mol. The maximum atomic E-state index is 12.1. The molecule has 0 saturated heterocycles. The van der Waals surface area contributed by atoms with Gasteiger partial charge in [-0.25, -0.2) is 0 Å². The second-order valence-electron chi connectivity index (χ2n) is 5.93. The van der Waals surface area contributed by atoms with Gasteiger partial charge in [0, 0.05) is 11.7 Å². The standard InChI is InChI=1S/C17H22N2O2/c18-13-6-5-12(11-13)17(20)19-14-7-9-16(10-8-14)21-15-3-1-2-4-15/h5-10,12-13,15H,1-4,11,18H2,(H,19,20). The summed E-state index contributed by atoms with van der Waals surface area (Å²) in [7, 11) is 0. The molecular formula is C17H22N2O2. The van der Waals surface area contributed by atoms with Crippen LogP contribution in [-0.4, -0.2) is 18.1 Å². The number of anilines is 1. The highest BCUT2D eigenvalue weighted by atomic mass is 16.5. The summed E-state index contributed by atoms with van der Waals surface area (Å²) in [6, 6.07) is 7.62. The normalized spacial score (nSPS) is 25.2. The van der Waals surface area contributed by atoms with Crippen molar-refractivity contribution in [1.82, 2.24) is 0 Å². The van der Waals surface area contributed by atoms with E-state index in [1.54, 1.807) is 0 Å². The number of amides is 1. The Labute approximate surface area is 125 Å². The van der Waals surface area contributed by atoms with E-state index >= 15 is 0 Å². The predicted octanol–water partition coefficient (Wildman–Crippen LogP) is 2.85. The van der Waals surface area contributed by atoms with Gasteiger partial charge >= 0.3 is 0 Å². The lowest BCUT2D eigenvalue weighted by atomic mass is 10.1. The Bertz CT molecular complexity index is 518. The van der Waals surface area contributed by atoms with Crippen molar-refractivity contribution in [2.45, 2.75) is 44.2 Å². The van der Waals surface area contributed by atoms with Gasteiger partial charge in [0.25, 0.3) is 0 Å². The van der Waals surface area contributed by atoms with E-state index in [-0.39, 0.29) is 17.9 Å². The molecule has 0 heterocycles. The fourth-order valence-electron chi connectivity index (χ4n) is 2.97. The molecule has 2 unspecified atom stereocenters. The van der Waals surface area contributed by atoms with Gasteiger partial charge in [0.2, 0.25) is 5.91 Å². The van der Waals surface area contributed by atoms with E-state index in [2.05, 4.69) is 5.32 Å². The molecule has 0 spiro atoms. The van der Waals surface area contributed by atoms with Crippen LogP contribution in [0.15, 0.2) is 36.4 Å². The van der Waals surface area contributed by atoms with Crippen LogP contribution in [0.25, 0.3) is 0 Å². The molecule has 2 aliphatic rings. The summed E-state index contributed by atoms with van der Waals surface area (Å²) in [6.45, 7) is 0. The number of rotatable bonds is 4. The summed E-state index contributed by atoms with van der Waals surface area (Å²) < 4.78 is 5.91. The zero-order valence-corrected chi connectivity index (χ0v) is 12.1. The zero-order valence-electron chi connectivity index (χ0n) is 12.1. The number of nitrogens with one attached hydrogen (secondary N) is 1. The van der Waals surface area contributed by atoms with E-state index < -0.39 is 0 Å². The highest BCUT2D eigenvalue weighted by Gasteiger charge is 2.22. The first-order valence-corrected chi connectivity index (χ1v) is 7.72. The van der Waals surface area contributed by atoms with Gasteiger partial charge in [-0.05, 0) is 56.4 Å². The lowest BCUT2D eigenvalue weighted by Gasteiger charge is -2.14. The maximum absolute atomic E-state index is 12.1. The lowest BCUT2D eigenvalue weighted by molar-refractivity contribution is -0.118. The second kappa shape index (κ2) is 6.31. The minimum absolute atomic E-state index is 0.00272. The first-order valence-electron chi connectivity index (χ1n) is 7.72. The number of hydrogen-bond acceptors (Lipinski definition) is 3. The number of nitrogens with two attached hydrogens (primary N) is 1. The number of benzene rings is 1. The molecule has 21 heavy (non-hydrogen) atoms. The average Bonchev–Trinajstić information content (AvgIpc) is 3.12. The van der Waals surface area contributed by atoms with Gasteiger partial charge in [-0.1, -0.05) is 12.2 Å². The highest BCUT2D eigenvalue weighted by molar-refractivity contribution is 5.94. The predicted molar refractivity (Wildman–Crippen MR) is 83.2 cm³/mol. The third kappa shape index (κ3) is 3.64. The number of ether oxygens (including phenoxy) is 1. The van der Waals surface area contributed by atoms with E-state index in [9.17, 15) is 4.79 Å².